The van der Waals surface area contributed by atoms with Gasteiger partial charge in [-0.3, -0.25) is 14.4 Å². The monoisotopic (exact) mass is 1040 g/mol. The minimum atomic E-state index is -0.774. The molecule has 1 atom stereocenters. The highest BCUT2D eigenvalue weighted by molar-refractivity contribution is 5.71. The van der Waals surface area contributed by atoms with Gasteiger partial charge >= 0.3 is 17.9 Å². The lowest BCUT2D eigenvalue weighted by atomic mass is 10.0. The second kappa shape index (κ2) is 62.9. The molecule has 0 N–H and O–H groups in total. The van der Waals surface area contributed by atoms with Crippen LogP contribution in [0.25, 0.3) is 0 Å². The maximum absolute atomic E-state index is 12.9. The van der Waals surface area contributed by atoms with Gasteiger partial charge in [-0.15, -0.1) is 0 Å². The van der Waals surface area contributed by atoms with Crippen molar-refractivity contribution in [1.29, 1.82) is 0 Å². The van der Waals surface area contributed by atoms with Crippen LogP contribution >= 0.6 is 0 Å². The lowest BCUT2D eigenvalue weighted by Crippen LogP contribution is -2.30. The van der Waals surface area contributed by atoms with Crippen molar-refractivity contribution in [2.45, 2.75) is 354 Å². The molecule has 0 saturated carbocycles. The number of allylic oxidation sites excluding steroid dienone is 8. The van der Waals surface area contributed by atoms with Gasteiger partial charge in [-0.05, 0) is 83.5 Å². The van der Waals surface area contributed by atoms with Gasteiger partial charge in [-0.25, -0.2) is 0 Å². The first-order valence-electron chi connectivity index (χ1n) is 32.6. The molecule has 0 aliphatic carbocycles. The zero-order chi connectivity index (χ0) is 53.6. The lowest BCUT2D eigenvalue weighted by molar-refractivity contribution is -0.167. The topological polar surface area (TPSA) is 78.9 Å². The second-order valence-electron chi connectivity index (χ2n) is 22.0. The van der Waals surface area contributed by atoms with Crippen LogP contribution in [0.3, 0.4) is 0 Å². The molecular weight excluding hydrogens is 913 g/mol. The normalized spacial score (nSPS) is 12.3. The van der Waals surface area contributed by atoms with Crippen molar-refractivity contribution >= 4 is 17.9 Å². The van der Waals surface area contributed by atoms with Crippen LogP contribution in [0.15, 0.2) is 48.6 Å². The van der Waals surface area contributed by atoms with E-state index in [1.807, 2.05) is 0 Å². The number of ether oxygens (including phenoxy) is 3. The van der Waals surface area contributed by atoms with Crippen LogP contribution in [0.4, 0.5) is 0 Å². The molecular formula is C68H124O6. The van der Waals surface area contributed by atoms with Crippen LogP contribution in [-0.4, -0.2) is 37.2 Å². The summed E-state index contributed by atoms with van der Waals surface area (Å²) in [5, 5.41) is 0. The molecule has 1 unspecified atom stereocenters. The van der Waals surface area contributed by atoms with E-state index >= 15 is 0 Å². The van der Waals surface area contributed by atoms with Crippen molar-refractivity contribution in [2.75, 3.05) is 13.2 Å². The molecule has 0 aromatic carbocycles. The summed E-state index contributed by atoms with van der Waals surface area (Å²) >= 11 is 0. The van der Waals surface area contributed by atoms with E-state index in [0.717, 1.165) is 70.6 Å². The molecule has 0 bridgehead atoms. The first-order chi connectivity index (χ1) is 36.5. The third-order valence-corrected chi connectivity index (χ3v) is 14.6. The minimum Gasteiger partial charge on any atom is -0.462 e. The van der Waals surface area contributed by atoms with E-state index in [0.29, 0.717) is 19.3 Å². The predicted octanol–water partition coefficient (Wildman–Crippen LogP) is 22.2. The Morgan fingerprint density at radius 3 is 0.770 bits per heavy atom. The van der Waals surface area contributed by atoms with Gasteiger partial charge in [0, 0.05) is 19.3 Å². The van der Waals surface area contributed by atoms with Gasteiger partial charge < -0.3 is 14.2 Å². The Kier molecular flexibility index (Phi) is 60.7. The first kappa shape index (κ1) is 71.4. The van der Waals surface area contributed by atoms with Gasteiger partial charge in [-0.2, -0.15) is 0 Å². The van der Waals surface area contributed by atoms with Gasteiger partial charge in [0.05, 0.1) is 0 Å². The van der Waals surface area contributed by atoms with Crippen LogP contribution in [0.1, 0.15) is 348 Å². The molecule has 0 aromatic heterocycles. The van der Waals surface area contributed by atoms with Crippen molar-refractivity contribution in [3.63, 3.8) is 0 Å². The Morgan fingerprint density at radius 1 is 0.270 bits per heavy atom. The molecule has 0 aliphatic heterocycles. The second-order valence-corrected chi connectivity index (χ2v) is 22.0. The first-order valence-corrected chi connectivity index (χ1v) is 32.6. The summed E-state index contributed by atoms with van der Waals surface area (Å²) in [6, 6.07) is 0. The van der Waals surface area contributed by atoms with E-state index in [4.69, 9.17) is 14.2 Å². The molecule has 0 fully saturated rings. The summed E-state index contributed by atoms with van der Waals surface area (Å²) in [4.78, 5) is 38.3. The molecule has 0 rings (SSSR count). The Balaban J connectivity index is 4.27. The van der Waals surface area contributed by atoms with Crippen molar-refractivity contribution < 1.29 is 28.6 Å². The molecule has 0 radical (unpaired) electrons. The third kappa shape index (κ3) is 60.2. The van der Waals surface area contributed by atoms with Gasteiger partial charge in [-0.1, -0.05) is 294 Å². The number of rotatable bonds is 60. The Bertz CT molecular complexity index is 1280. The van der Waals surface area contributed by atoms with E-state index < -0.39 is 6.10 Å². The molecule has 432 valence electrons. The lowest BCUT2D eigenvalue weighted by Gasteiger charge is -2.18. The molecule has 6 heteroatoms. The maximum Gasteiger partial charge on any atom is 0.306 e. The molecule has 6 nitrogen and oxygen atoms in total. The zero-order valence-electron chi connectivity index (χ0n) is 49.6. The number of carbonyl (C=O) groups is 3. The standard InChI is InChI=1S/C68H124O6/c1-4-7-10-13-16-19-22-25-27-29-31-32-33-34-35-36-38-39-41-43-46-49-52-55-58-61-67(70)73-64-65(63-72-66(69)60-57-54-51-48-45-24-21-18-15-12-9-6-3)74-68(71)62-59-56-53-50-47-44-42-40-37-30-28-26-23-20-17-14-11-8-5-2/h22,25-26,28-29,31,33-34,65H,4-21,23-24,27,30,32,35-64H2,1-3H3/b25-22-,28-26-,31-29-,34-33-. The smallest absolute Gasteiger partial charge is 0.306 e. The average molecular weight is 1040 g/mol. The van der Waals surface area contributed by atoms with E-state index in [1.165, 1.54) is 238 Å². The van der Waals surface area contributed by atoms with Gasteiger partial charge in [0.2, 0.25) is 0 Å². The molecule has 74 heavy (non-hydrogen) atoms. The molecule has 0 heterocycles. The maximum atomic E-state index is 12.9. The van der Waals surface area contributed by atoms with E-state index in [1.54, 1.807) is 0 Å². The highest BCUT2D eigenvalue weighted by atomic mass is 16.6. The SMILES string of the molecule is CCCCCCC/C=C\C/C=C\C/C=C\CCCCCCCCCCCCC(=O)OCC(COC(=O)CCCCCCCCCCCCCC)OC(=O)CCCCCCCCCCC/C=C\CCCCCCCC. The minimum absolute atomic E-state index is 0.0711. The summed E-state index contributed by atoms with van der Waals surface area (Å²) in [5.74, 6) is -0.857. The van der Waals surface area contributed by atoms with Crippen LogP contribution < -0.4 is 0 Å². The number of hydrogen-bond donors (Lipinski definition) is 0. The fourth-order valence-corrected chi connectivity index (χ4v) is 9.62. The van der Waals surface area contributed by atoms with E-state index in [2.05, 4.69) is 69.4 Å². The largest absolute Gasteiger partial charge is 0.462 e. The van der Waals surface area contributed by atoms with Crippen LogP contribution in [0, 0.1) is 0 Å². The van der Waals surface area contributed by atoms with Crippen molar-refractivity contribution in [1.82, 2.24) is 0 Å². The molecule has 0 amide bonds. The van der Waals surface area contributed by atoms with E-state index in [-0.39, 0.29) is 31.1 Å². The Labute approximate surface area is 460 Å². The summed E-state index contributed by atoms with van der Waals surface area (Å²) in [6.45, 7) is 6.67. The van der Waals surface area contributed by atoms with Crippen LogP contribution in [0.2, 0.25) is 0 Å². The fraction of sp³-hybridized carbons (Fsp3) is 0.838. The van der Waals surface area contributed by atoms with Gasteiger partial charge in [0.15, 0.2) is 6.10 Å². The summed E-state index contributed by atoms with van der Waals surface area (Å²) in [5.41, 5.74) is 0. The van der Waals surface area contributed by atoms with Gasteiger partial charge in [0.1, 0.15) is 13.2 Å². The number of esters is 3. The Morgan fingerprint density at radius 2 is 0.486 bits per heavy atom. The Hall–Kier alpha value is -2.63. The fourth-order valence-electron chi connectivity index (χ4n) is 9.62. The number of hydrogen-bond acceptors (Lipinski definition) is 6. The summed E-state index contributed by atoms with van der Waals surface area (Å²) in [7, 11) is 0. The number of unbranched alkanes of at least 4 members (excludes halogenated alkanes) is 41. The highest BCUT2D eigenvalue weighted by Gasteiger charge is 2.19. The third-order valence-electron chi connectivity index (χ3n) is 14.6. The zero-order valence-corrected chi connectivity index (χ0v) is 49.6. The number of carbonyl (C=O) groups excluding carboxylic acids is 3. The van der Waals surface area contributed by atoms with E-state index in [9.17, 15) is 14.4 Å². The summed E-state index contributed by atoms with van der Waals surface area (Å²) in [6.07, 6.45) is 78.3. The van der Waals surface area contributed by atoms with Crippen molar-refractivity contribution in [3.8, 4) is 0 Å². The van der Waals surface area contributed by atoms with Crippen molar-refractivity contribution in [3.05, 3.63) is 48.6 Å². The predicted molar refractivity (Wildman–Crippen MR) is 321 cm³/mol. The molecule has 0 saturated heterocycles. The summed E-state index contributed by atoms with van der Waals surface area (Å²) < 4.78 is 16.9. The quantitative estimate of drug-likeness (QED) is 0.0261. The molecule has 0 spiro atoms. The molecule has 0 aliphatic rings. The average Bonchev–Trinajstić information content (AvgIpc) is 3.40. The van der Waals surface area contributed by atoms with Crippen LogP contribution in [0.5, 0.6) is 0 Å². The highest BCUT2D eigenvalue weighted by Crippen LogP contribution is 2.17. The molecule has 0 aromatic rings. The van der Waals surface area contributed by atoms with Crippen LogP contribution in [-0.2, 0) is 28.6 Å². The van der Waals surface area contributed by atoms with Gasteiger partial charge in [0.25, 0.3) is 0 Å². The van der Waals surface area contributed by atoms with Crippen molar-refractivity contribution in [2.24, 2.45) is 0 Å².